The maximum atomic E-state index is 6.03. The third-order valence-electron chi connectivity index (χ3n) is 3.07. The van der Waals surface area contributed by atoms with Gasteiger partial charge < -0.3 is 5.73 Å². The normalized spacial score (nSPS) is 23.1. The van der Waals surface area contributed by atoms with Gasteiger partial charge in [-0.1, -0.05) is 24.3 Å². The minimum absolute atomic E-state index is 0.132. The fourth-order valence-corrected chi connectivity index (χ4v) is 2.22. The molecule has 1 aromatic carbocycles. The van der Waals surface area contributed by atoms with Crippen LogP contribution < -0.4 is 5.73 Å². The van der Waals surface area contributed by atoms with Gasteiger partial charge in [0.1, 0.15) is 6.17 Å². The maximum absolute atomic E-state index is 6.03. The van der Waals surface area contributed by atoms with Crippen LogP contribution >= 0.6 is 0 Å². The second-order valence-electron chi connectivity index (χ2n) is 4.12. The molecular formula is C14H13N3. The molecule has 0 aliphatic carbocycles. The Balaban J connectivity index is 2.17. The summed E-state index contributed by atoms with van der Waals surface area (Å²) in [6, 6.07) is 10.1. The summed E-state index contributed by atoms with van der Waals surface area (Å²) >= 11 is 0. The lowest BCUT2D eigenvalue weighted by Gasteiger charge is -2.21. The summed E-state index contributed by atoms with van der Waals surface area (Å²) in [5, 5.41) is 1.15. The molecule has 0 bridgehead atoms. The Bertz CT molecular complexity index is 596. The van der Waals surface area contributed by atoms with E-state index in [4.69, 9.17) is 5.73 Å². The number of pyridine rings is 1. The van der Waals surface area contributed by atoms with Crippen molar-refractivity contribution in [2.75, 3.05) is 0 Å². The molecule has 0 saturated carbocycles. The first kappa shape index (κ1) is 10.2. The van der Waals surface area contributed by atoms with Gasteiger partial charge in [-0.25, -0.2) is 0 Å². The van der Waals surface area contributed by atoms with E-state index in [9.17, 15) is 0 Å². The van der Waals surface area contributed by atoms with Crippen LogP contribution in [0.2, 0.25) is 0 Å². The Hall–Kier alpha value is -2.00. The summed E-state index contributed by atoms with van der Waals surface area (Å²) < 4.78 is 0. The Kier molecular flexibility index (Phi) is 2.46. The third kappa shape index (κ3) is 1.74. The average molecular weight is 223 g/mol. The minimum Gasteiger partial charge on any atom is -0.309 e. The summed E-state index contributed by atoms with van der Waals surface area (Å²) in [5.41, 5.74) is 8.22. The number of benzene rings is 1. The molecular weight excluding hydrogens is 210 g/mol. The number of fused-ring (bicyclic) bond motifs is 1. The second-order valence-corrected chi connectivity index (χ2v) is 4.12. The van der Waals surface area contributed by atoms with Gasteiger partial charge in [0.2, 0.25) is 0 Å². The SMILES string of the molecule is NC1N=CC=CC1c1ccnc2ccccc12. The highest BCUT2D eigenvalue weighted by Gasteiger charge is 2.19. The van der Waals surface area contributed by atoms with Crippen molar-refractivity contribution in [1.29, 1.82) is 0 Å². The van der Waals surface area contributed by atoms with Gasteiger partial charge in [0.25, 0.3) is 0 Å². The number of rotatable bonds is 1. The van der Waals surface area contributed by atoms with Gasteiger partial charge in [0, 0.05) is 23.7 Å². The number of nitrogens with two attached hydrogens (primary N) is 1. The topological polar surface area (TPSA) is 51.3 Å². The van der Waals surface area contributed by atoms with Gasteiger partial charge >= 0.3 is 0 Å². The maximum Gasteiger partial charge on any atom is 0.107 e. The van der Waals surface area contributed by atoms with E-state index in [-0.39, 0.29) is 12.1 Å². The monoisotopic (exact) mass is 223 g/mol. The standard InChI is InChI=1S/C14H13N3/c15-14-12(5-3-8-17-14)10-7-9-16-13-6-2-1-4-11(10)13/h1-9,12,14H,15H2. The first-order valence-electron chi connectivity index (χ1n) is 5.65. The number of hydrogen-bond donors (Lipinski definition) is 1. The van der Waals surface area contributed by atoms with Crippen molar-refractivity contribution in [2.45, 2.75) is 12.1 Å². The smallest absolute Gasteiger partial charge is 0.107 e. The van der Waals surface area contributed by atoms with Crippen molar-refractivity contribution in [3.63, 3.8) is 0 Å². The number of hydrogen-bond acceptors (Lipinski definition) is 3. The Labute approximate surface area is 99.7 Å². The number of allylic oxidation sites excluding steroid dienone is 1. The fourth-order valence-electron chi connectivity index (χ4n) is 2.22. The molecule has 1 aliphatic rings. The largest absolute Gasteiger partial charge is 0.309 e. The van der Waals surface area contributed by atoms with E-state index in [0.717, 1.165) is 10.9 Å². The van der Waals surface area contributed by atoms with Gasteiger partial charge in [0.15, 0.2) is 0 Å². The van der Waals surface area contributed by atoms with Crippen molar-refractivity contribution in [2.24, 2.45) is 10.7 Å². The molecule has 2 heterocycles. The Morgan fingerprint density at radius 3 is 2.88 bits per heavy atom. The summed E-state index contributed by atoms with van der Waals surface area (Å²) in [6.07, 6.45) is 7.43. The fraction of sp³-hybridized carbons (Fsp3) is 0.143. The zero-order chi connectivity index (χ0) is 11.7. The molecule has 2 unspecified atom stereocenters. The lowest BCUT2D eigenvalue weighted by atomic mass is 9.92. The van der Waals surface area contributed by atoms with Crippen molar-refractivity contribution >= 4 is 17.1 Å². The lowest BCUT2D eigenvalue weighted by molar-refractivity contribution is 0.636. The number of para-hydroxylation sites is 1. The summed E-state index contributed by atoms with van der Waals surface area (Å²) in [5.74, 6) is 0.132. The molecule has 2 atom stereocenters. The molecule has 0 fully saturated rings. The van der Waals surface area contributed by atoms with E-state index in [1.165, 1.54) is 5.56 Å². The molecule has 84 valence electrons. The molecule has 3 nitrogen and oxygen atoms in total. The zero-order valence-electron chi connectivity index (χ0n) is 9.32. The van der Waals surface area contributed by atoms with Crippen LogP contribution in [0.25, 0.3) is 10.9 Å². The van der Waals surface area contributed by atoms with Crippen molar-refractivity contribution in [3.8, 4) is 0 Å². The van der Waals surface area contributed by atoms with Gasteiger partial charge in [0.05, 0.1) is 5.52 Å². The predicted octanol–water partition coefficient (Wildman–Crippen LogP) is 2.24. The summed E-state index contributed by atoms with van der Waals surface area (Å²) in [4.78, 5) is 8.60. The first-order valence-corrected chi connectivity index (χ1v) is 5.65. The van der Waals surface area contributed by atoms with Gasteiger partial charge in [-0.3, -0.25) is 9.98 Å². The Morgan fingerprint density at radius 1 is 1.12 bits per heavy atom. The summed E-state index contributed by atoms with van der Waals surface area (Å²) in [7, 11) is 0. The highest BCUT2D eigenvalue weighted by Crippen LogP contribution is 2.28. The second kappa shape index (κ2) is 4.11. The molecule has 0 spiro atoms. The van der Waals surface area contributed by atoms with E-state index >= 15 is 0 Å². The molecule has 17 heavy (non-hydrogen) atoms. The molecule has 2 aromatic rings. The quantitative estimate of drug-likeness (QED) is 0.806. The number of dihydropyridines is 1. The van der Waals surface area contributed by atoms with Crippen LogP contribution in [0.1, 0.15) is 11.5 Å². The van der Waals surface area contributed by atoms with Crippen LogP contribution in [0.3, 0.4) is 0 Å². The van der Waals surface area contributed by atoms with Crippen LogP contribution in [-0.2, 0) is 0 Å². The van der Waals surface area contributed by atoms with E-state index in [1.54, 1.807) is 6.21 Å². The molecule has 3 heteroatoms. The number of aromatic nitrogens is 1. The van der Waals surface area contributed by atoms with Crippen molar-refractivity contribution in [1.82, 2.24) is 4.98 Å². The summed E-state index contributed by atoms with van der Waals surface area (Å²) in [6.45, 7) is 0. The highest BCUT2D eigenvalue weighted by molar-refractivity contribution is 5.83. The highest BCUT2D eigenvalue weighted by atomic mass is 14.9. The van der Waals surface area contributed by atoms with E-state index < -0.39 is 0 Å². The zero-order valence-corrected chi connectivity index (χ0v) is 9.32. The number of aliphatic imine (C=N–C) groups is 1. The minimum atomic E-state index is -0.203. The van der Waals surface area contributed by atoms with Crippen molar-refractivity contribution < 1.29 is 0 Å². The van der Waals surface area contributed by atoms with Crippen LogP contribution in [0.15, 0.2) is 53.7 Å². The van der Waals surface area contributed by atoms with Crippen molar-refractivity contribution in [3.05, 3.63) is 54.2 Å². The van der Waals surface area contributed by atoms with E-state index in [1.807, 2.05) is 36.5 Å². The number of nitrogens with zero attached hydrogens (tertiary/aromatic N) is 2. The molecule has 0 amide bonds. The lowest BCUT2D eigenvalue weighted by Crippen LogP contribution is -2.27. The molecule has 1 aliphatic heterocycles. The van der Waals surface area contributed by atoms with Gasteiger partial charge in [-0.2, -0.15) is 0 Å². The average Bonchev–Trinajstić information content (AvgIpc) is 2.39. The van der Waals surface area contributed by atoms with Crippen LogP contribution in [-0.4, -0.2) is 17.4 Å². The molecule has 0 saturated heterocycles. The van der Waals surface area contributed by atoms with Gasteiger partial charge in [-0.15, -0.1) is 0 Å². The molecule has 3 rings (SSSR count). The molecule has 2 N–H and O–H groups in total. The first-order chi connectivity index (χ1) is 8.36. The van der Waals surface area contributed by atoms with E-state index in [2.05, 4.69) is 22.1 Å². The van der Waals surface area contributed by atoms with Crippen LogP contribution in [0, 0.1) is 0 Å². The predicted molar refractivity (Wildman–Crippen MR) is 70.1 cm³/mol. The van der Waals surface area contributed by atoms with Gasteiger partial charge in [-0.05, 0) is 23.8 Å². The molecule has 0 radical (unpaired) electrons. The third-order valence-corrected chi connectivity index (χ3v) is 3.07. The van der Waals surface area contributed by atoms with Crippen LogP contribution in [0.5, 0.6) is 0 Å². The van der Waals surface area contributed by atoms with Crippen LogP contribution in [0.4, 0.5) is 0 Å². The molecule has 1 aromatic heterocycles. The Morgan fingerprint density at radius 2 is 2.00 bits per heavy atom. The van der Waals surface area contributed by atoms with E-state index in [0.29, 0.717) is 0 Å².